The molecule has 3 atom stereocenters. The van der Waals surface area contributed by atoms with E-state index in [9.17, 15) is 39.6 Å². The lowest BCUT2D eigenvalue weighted by molar-refractivity contribution is -0.147. The molecule has 10 nitrogen and oxygen atoms in total. The van der Waals surface area contributed by atoms with Crippen LogP contribution in [0.2, 0.25) is 0 Å². The number of halogens is 1. The van der Waals surface area contributed by atoms with Crippen LogP contribution in [0.15, 0.2) is 23.0 Å². The molecule has 3 aliphatic carbocycles. The largest absolute Gasteiger partial charge is 0.508 e. The van der Waals surface area contributed by atoms with Crippen molar-refractivity contribution in [1.82, 2.24) is 5.32 Å². The third-order valence-electron chi connectivity index (χ3n) is 7.19. The average Bonchev–Trinajstić information content (AvgIpc) is 2.76. The molecule has 0 aliphatic heterocycles. The van der Waals surface area contributed by atoms with E-state index in [1.54, 1.807) is 20.8 Å². The van der Waals surface area contributed by atoms with Crippen LogP contribution in [-0.4, -0.2) is 49.4 Å². The Morgan fingerprint density at radius 2 is 1.83 bits per heavy atom. The molecule has 7 N–H and O–H groups in total. The fourth-order valence-corrected chi connectivity index (χ4v) is 5.29. The molecule has 2 amide bonds. The SMILES string of the molecule is CC(C)(C)C(=O)NCc1cc(O)c2c(c1F)CC1C[C@H]3CC(=O)C(C(N)=O)=C(O)[C@@]3(O)C(=O)C1=C2O. The Morgan fingerprint density at radius 1 is 1.19 bits per heavy atom. The number of benzene rings is 1. The summed E-state index contributed by atoms with van der Waals surface area (Å²) < 4.78 is 15.5. The number of ketones is 2. The molecule has 192 valence electrons. The van der Waals surface area contributed by atoms with E-state index in [2.05, 4.69) is 5.32 Å². The predicted molar refractivity (Wildman–Crippen MR) is 123 cm³/mol. The number of carbonyl (C=O) groups is 4. The highest BCUT2D eigenvalue weighted by Crippen LogP contribution is 2.52. The maximum Gasteiger partial charge on any atom is 0.255 e. The van der Waals surface area contributed by atoms with Crippen molar-refractivity contribution in [1.29, 1.82) is 0 Å². The molecule has 36 heavy (non-hydrogen) atoms. The standard InChI is InChI=1S/C25H27FN2O8/c1-24(2,3)23(35)28-8-10-6-13(29)16-12(18(10)26)5-9-4-11-7-14(30)17(22(27)34)21(33)25(11,36)20(32)15(9)19(16)31/h6,9,11,29,31,33,36H,4-5,7-8H2,1-3H3,(H2,27,34)(H,28,35)/t9?,11-,25-/m0/s1. The van der Waals surface area contributed by atoms with Crippen molar-refractivity contribution >= 4 is 29.1 Å². The van der Waals surface area contributed by atoms with Crippen molar-refractivity contribution < 1.29 is 44.0 Å². The van der Waals surface area contributed by atoms with Gasteiger partial charge in [-0.2, -0.15) is 0 Å². The van der Waals surface area contributed by atoms with Gasteiger partial charge >= 0.3 is 0 Å². The molecule has 1 aromatic carbocycles. The Labute approximate surface area is 205 Å². The lowest BCUT2D eigenvalue weighted by Gasteiger charge is -2.46. The molecule has 1 aromatic rings. The fraction of sp³-hybridized carbons (Fsp3) is 0.440. The van der Waals surface area contributed by atoms with E-state index in [1.807, 2.05) is 0 Å². The number of amides is 2. The molecule has 1 saturated carbocycles. The number of primary amides is 1. The summed E-state index contributed by atoms with van der Waals surface area (Å²) in [5, 5.41) is 45.9. The van der Waals surface area contributed by atoms with E-state index in [1.165, 1.54) is 0 Å². The summed E-state index contributed by atoms with van der Waals surface area (Å²) in [4.78, 5) is 49.7. The molecule has 1 unspecified atom stereocenters. The van der Waals surface area contributed by atoms with E-state index >= 15 is 4.39 Å². The fourth-order valence-electron chi connectivity index (χ4n) is 5.29. The first-order chi connectivity index (χ1) is 16.6. The molecule has 4 rings (SSSR count). The molecule has 0 aromatic heterocycles. The number of aliphatic hydroxyl groups is 3. The normalized spacial score (nSPS) is 25.8. The molecule has 1 fully saturated rings. The van der Waals surface area contributed by atoms with Gasteiger partial charge in [0.2, 0.25) is 11.7 Å². The summed E-state index contributed by atoms with van der Waals surface area (Å²) >= 11 is 0. The average molecular weight is 502 g/mol. The van der Waals surface area contributed by atoms with Gasteiger partial charge in [-0.3, -0.25) is 19.2 Å². The number of Topliss-reactive ketones (excluding diaryl/α,β-unsaturated/α-hetero) is 2. The van der Waals surface area contributed by atoms with E-state index in [0.717, 1.165) is 6.07 Å². The van der Waals surface area contributed by atoms with Gasteiger partial charge in [0.05, 0.1) is 5.56 Å². The molecule has 0 bridgehead atoms. The van der Waals surface area contributed by atoms with Crippen LogP contribution in [0.25, 0.3) is 5.76 Å². The number of phenolic OH excluding ortho intramolecular Hbond substituents is 1. The Morgan fingerprint density at radius 3 is 2.42 bits per heavy atom. The van der Waals surface area contributed by atoms with Crippen molar-refractivity contribution in [2.24, 2.45) is 23.0 Å². The number of nitrogens with two attached hydrogens (primary N) is 1. The number of hydrogen-bond acceptors (Lipinski definition) is 8. The second-order valence-corrected chi connectivity index (χ2v) is 10.6. The summed E-state index contributed by atoms with van der Waals surface area (Å²) in [5.74, 6) is -8.91. The molecule has 0 heterocycles. The zero-order valence-corrected chi connectivity index (χ0v) is 19.9. The minimum absolute atomic E-state index is 0.0294. The van der Waals surface area contributed by atoms with Gasteiger partial charge < -0.3 is 31.5 Å². The summed E-state index contributed by atoms with van der Waals surface area (Å²) in [6, 6.07) is 1.03. The van der Waals surface area contributed by atoms with Crippen LogP contribution in [0.4, 0.5) is 4.39 Å². The summed E-state index contributed by atoms with van der Waals surface area (Å²) in [6.07, 6.45) is -0.725. The molecular formula is C25H27FN2O8. The third-order valence-corrected chi connectivity index (χ3v) is 7.19. The summed E-state index contributed by atoms with van der Waals surface area (Å²) in [7, 11) is 0. The smallest absolute Gasteiger partial charge is 0.255 e. The van der Waals surface area contributed by atoms with Crippen molar-refractivity contribution in [3.63, 3.8) is 0 Å². The van der Waals surface area contributed by atoms with Crippen LogP contribution in [0.3, 0.4) is 0 Å². The van der Waals surface area contributed by atoms with Crippen LogP contribution in [0.5, 0.6) is 5.75 Å². The highest BCUT2D eigenvalue weighted by molar-refractivity contribution is 6.22. The number of fused-ring (bicyclic) bond motifs is 3. The Hall–Kier alpha value is -3.73. The van der Waals surface area contributed by atoms with Crippen molar-refractivity contribution in [2.75, 3.05) is 0 Å². The first-order valence-electron chi connectivity index (χ1n) is 11.4. The van der Waals surface area contributed by atoms with Gasteiger partial charge in [-0.05, 0) is 24.8 Å². The topological polar surface area (TPSA) is 187 Å². The molecule has 0 spiro atoms. The van der Waals surface area contributed by atoms with Gasteiger partial charge in [-0.15, -0.1) is 0 Å². The second kappa shape index (κ2) is 8.16. The minimum Gasteiger partial charge on any atom is -0.508 e. The lowest BCUT2D eigenvalue weighted by atomic mass is 9.59. The molecule has 3 aliphatic rings. The maximum atomic E-state index is 15.5. The Balaban J connectivity index is 1.80. The molecule has 0 radical (unpaired) electrons. The first-order valence-corrected chi connectivity index (χ1v) is 11.4. The van der Waals surface area contributed by atoms with Gasteiger partial charge in [0, 0.05) is 41.0 Å². The predicted octanol–water partition coefficient (Wildman–Crippen LogP) is 1.23. The van der Waals surface area contributed by atoms with E-state index in [0.29, 0.717) is 0 Å². The molecular weight excluding hydrogens is 475 g/mol. The van der Waals surface area contributed by atoms with Gasteiger partial charge in [-0.1, -0.05) is 20.8 Å². The van der Waals surface area contributed by atoms with Crippen molar-refractivity contribution in [3.8, 4) is 5.75 Å². The number of aromatic hydroxyl groups is 1. The highest BCUT2D eigenvalue weighted by Gasteiger charge is 2.60. The van der Waals surface area contributed by atoms with Crippen molar-refractivity contribution in [2.45, 2.75) is 52.2 Å². The van der Waals surface area contributed by atoms with Gasteiger partial charge in [-0.25, -0.2) is 4.39 Å². The quantitative estimate of drug-likeness (QED) is 0.333. The number of carbonyl (C=O) groups excluding carboxylic acids is 4. The van der Waals surface area contributed by atoms with E-state index in [4.69, 9.17) is 5.73 Å². The number of rotatable bonds is 3. The summed E-state index contributed by atoms with van der Waals surface area (Å²) in [5.41, 5.74) is 0.0540. The van der Waals surface area contributed by atoms with Gasteiger partial charge in [0.15, 0.2) is 11.4 Å². The van der Waals surface area contributed by atoms with Crippen LogP contribution in [-0.2, 0) is 32.1 Å². The minimum atomic E-state index is -2.68. The number of aliphatic hydroxyl groups excluding tert-OH is 2. The summed E-state index contributed by atoms with van der Waals surface area (Å²) in [6.45, 7) is 4.83. The number of hydrogen-bond donors (Lipinski definition) is 6. The maximum absolute atomic E-state index is 15.5. The third kappa shape index (κ3) is 3.57. The molecule has 11 heteroatoms. The van der Waals surface area contributed by atoms with Crippen molar-refractivity contribution in [3.05, 3.63) is 45.5 Å². The zero-order chi connectivity index (χ0) is 26.9. The zero-order valence-electron chi connectivity index (χ0n) is 19.9. The Bertz CT molecular complexity index is 1310. The van der Waals surface area contributed by atoms with Crippen LogP contribution >= 0.6 is 0 Å². The number of nitrogens with one attached hydrogen (secondary N) is 1. The van der Waals surface area contributed by atoms with E-state index < -0.39 is 75.4 Å². The van der Waals surface area contributed by atoms with E-state index in [-0.39, 0.29) is 47.6 Å². The lowest BCUT2D eigenvalue weighted by Crippen LogP contribution is -2.58. The van der Waals surface area contributed by atoms with Crippen LogP contribution < -0.4 is 11.1 Å². The number of phenols is 1. The van der Waals surface area contributed by atoms with Crippen LogP contribution in [0.1, 0.15) is 50.3 Å². The second-order valence-electron chi connectivity index (χ2n) is 10.6. The highest BCUT2D eigenvalue weighted by atomic mass is 19.1. The van der Waals surface area contributed by atoms with Gasteiger partial charge in [0.1, 0.15) is 28.7 Å². The first kappa shape index (κ1) is 25.4. The van der Waals surface area contributed by atoms with Crippen LogP contribution in [0, 0.1) is 23.1 Å². The van der Waals surface area contributed by atoms with Gasteiger partial charge in [0.25, 0.3) is 5.91 Å². The monoisotopic (exact) mass is 502 g/mol. The Kier molecular flexibility index (Phi) is 5.75. The molecule has 0 saturated heterocycles.